The molecule has 0 amide bonds. The Morgan fingerprint density at radius 1 is 1.14 bits per heavy atom. The van der Waals surface area contributed by atoms with Gasteiger partial charge in [-0.15, -0.1) is 18.9 Å². The number of halogens is 1. The van der Waals surface area contributed by atoms with Crippen LogP contribution < -0.4 is 17.0 Å². The van der Waals surface area contributed by atoms with Gasteiger partial charge in [-0.2, -0.15) is 5.56 Å². The zero-order chi connectivity index (χ0) is 7.97. The van der Waals surface area contributed by atoms with Gasteiger partial charge in [0.1, 0.15) is 0 Å². The molecule has 0 saturated heterocycles. The Hall–Kier alpha value is 0.266. The molecule has 0 saturated carbocycles. The van der Waals surface area contributed by atoms with Gasteiger partial charge in [0.25, 0.3) is 0 Å². The summed E-state index contributed by atoms with van der Waals surface area (Å²) in [6, 6.07) is 2.38. The number of rotatable bonds is 0. The van der Waals surface area contributed by atoms with Gasteiger partial charge in [0.15, 0.2) is 0 Å². The molecule has 2 aliphatic carbocycles. The number of nitrogens with zero attached hydrogens (tertiary/aromatic N) is 1. The minimum atomic E-state index is 0. The van der Waals surface area contributed by atoms with E-state index >= 15 is 0 Å². The molecular weight excluding hydrogens is 250 g/mol. The number of pyridine rings is 1. The Morgan fingerprint density at radius 3 is 2.86 bits per heavy atom. The van der Waals surface area contributed by atoms with Gasteiger partial charge >= 0.3 is 23.1 Å². The maximum Gasteiger partial charge on any atom is 2.00 e. The van der Waals surface area contributed by atoms with Gasteiger partial charge in [-0.3, -0.25) is 4.98 Å². The van der Waals surface area contributed by atoms with Crippen molar-refractivity contribution >= 4 is 23.1 Å². The van der Waals surface area contributed by atoms with E-state index in [0.717, 1.165) is 0 Å². The van der Waals surface area contributed by atoms with Crippen molar-refractivity contribution in [1.29, 1.82) is 0 Å². The third-order valence-electron chi connectivity index (χ3n) is 2.91. The maximum absolute atomic E-state index is 4.68. The van der Waals surface area contributed by atoms with E-state index in [1.807, 2.05) is 0 Å². The molecule has 2 aliphatic rings. The van der Waals surface area contributed by atoms with E-state index in [1.54, 1.807) is 0 Å². The van der Waals surface area contributed by atoms with E-state index in [4.69, 9.17) is 0 Å². The van der Waals surface area contributed by atoms with Crippen LogP contribution in [0.5, 0.6) is 0 Å². The predicted molar refractivity (Wildman–Crippen MR) is 53.7 cm³/mol. The molecule has 0 fully saturated rings. The molecule has 1 heterocycles. The van der Waals surface area contributed by atoms with Crippen molar-refractivity contribution in [3.05, 3.63) is 35.0 Å². The van der Waals surface area contributed by atoms with Crippen molar-refractivity contribution in [2.24, 2.45) is 0 Å². The molecule has 1 nitrogen and oxygen atoms in total. The summed E-state index contributed by atoms with van der Waals surface area (Å²) in [5, 5.41) is 0. The third kappa shape index (κ3) is 1.95. The second kappa shape index (κ2) is 4.86. The van der Waals surface area contributed by atoms with Crippen LogP contribution in [0.1, 0.15) is 35.4 Å². The number of hydrogen-bond acceptors (Lipinski definition) is 1. The van der Waals surface area contributed by atoms with Crippen molar-refractivity contribution in [1.82, 2.24) is 4.98 Å². The largest absolute Gasteiger partial charge is 2.00 e. The van der Waals surface area contributed by atoms with Crippen molar-refractivity contribution in [2.75, 3.05) is 0 Å². The summed E-state index contributed by atoms with van der Waals surface area (Å²) < 4.78 is 0. The van der Waals surface area contributed by atoms with E-state index < -0.39 is 0 Å². The van der Waals surface area contributed by atoms with E-state index in [9.17, 15) is 0 Å². The summed E-state index contributed by atoms with van der Waals surface area (Å²) >= 11 is 0. The van der Waals surface area contributed by atoms with Gasteiger partial charge in [0, 0.05) is 5.69 Å². The summed E-state index contributed by atoms with van der Waals surface area (Å²) in [4.78, 5) is 4.68. The van der Waals surface area contributed by atoms with Gasteiger partial charge in [-0.1, -0.05) is 5.69 Å². The van der Waals surface area contributed by atoms with Crippen LogP contribution in [-0.4, -0.2) is 28.0 Å². The Labute approximate surface area is 112 Å². The summed E-state index contributed by atoms with van der Waals surface area (Å²) in [5.41, 5.74) is 5.64. The van der Waals surface area contributed by atoms with E-state index in [0.29, 0.717) is 0 Å². The fourth-order valence-corrected chi connectivity index (χ4v) is 2.28. The number of aryl methyl sites for hydroxylation is 3. The smallest absolute Gasteiger partial charge is 1.00 e. The molecule has 0 aromatic carbocycles. The van der Waals surface area contributed by atoms with E-state index in [-0.39, 0.29) is 40.0 Å². The molecule has 0 aliphatic heterocycles. The van der Waals surface area contributed by atoms with Crippen molar-refractivity contribution in [3.8, 4) is 0 Å². The Morgan fingerprint density at radius 2 is 2.00 bits per heavy atom. The monoisotopic (exact) mass is 261 g/mol. The molecule has 3 rings (SSSR count). The molecule has 0 atom stereocenters. The molecule has 0 radical (unpaired) electrons. The molecular formula is C11H12BrMgN. The SMILES string of the molecule is [Br-].[Mg+2].c1c2c(nc3c1CCC3)[CH-]CC2. The number of hydrogen-bond donors (Lipinski definition) is 0. The molecule has 0 spiro atoms. The topological polar surface area (TPSA) is 12.9 Å². The van der Waals surface area contributed by atoms with Crippen LogP contribution in [0.4, 0.5) is 0 Å². The molecule has 0 N–H and O–H groups in total. The molecule has 1 aromatic heterocycles. The van der Waals surface area contributed by atoms with Crippen LogP contribution >= 0.6 is 0 Å². The second-order valence-electron chi connectivity index (χ2n) is 3.73. The summed E-state index contributed by atoms with van der Waals surface area (Å²) in [7, 11) is 0. The van der Waals surface area contributed by atoms with Crippen LogP contribution in [-0.2, 0) is 19.3 Å². The third-order valence-corrected chi connectivity index (χ3v) is 2.91. The molecule has 0 bridgehead atoms. The molecule has 70 valence electrons. The van der Waals surface area contributed by atoms with Crippen LogP contribution in [0, 0.1) is 6.42 Å². The second-order valence-corrected chi connectivity index (χ2v) is 3.73. The van der Waals surface area contributed by atoms with Gasteiger partial charge < -0.3 is 17.0 Å². The average molecular weight is 262 g/mol. The maximum atomic E-state index is 4.68. The summed E-state index contributed by atoms with van der Waals surface area (Å²) in [6.07, 6.45) is 8.46. The molecule has 3 heteroatoms. The average Bonchev–Trinajstić information content (AvgIpc) is 2.64. The van der Waals surface area contributed by atoms with Crippen molar-refractivity contribution < 1.29 is 17.0 Å². The van der Waals surface area contributed by atoms with E-state index in [1.165, 1.54) is 54.6 Å². The fourth-order valence-electron chi connectivity index (χ4n) is 2.28. The first-order valence-corrected chi connectivity index (χ1v) is 4.78. The van der Waals surface area contributed by atoms with E-state index in [2.05, 4.69) is 17.5 Å². The molecule has 14 heavy (non-hydrogen) atoms. The normalized spacial score (nSPS) is 16.0. The Bertz CT molecular complexity index is 278. The fraction of sp³-hybridized carbons (Fsp3) is 0.455. The quantitative estimate of drug-likeness (QED) is 0.418. The molecule has 0 unspecified atom stereocenters. The first-order valence-electron chi connectivity index (χ1n) is 4.78. The van der Waals surface area contributed by atoms with Crippen LogP contribution in [0.2, 0.25) is 0 Å². The standard InChI is InChI=1S/C11H12N.BrH.Mg/c1-3-8-7-9-4-2-6-11(9)12-10(8)5-1;;/h5,7H,1-4,6H2;1H;/q-1;;+2/p-1. The first kappa shape index (κ1) is 12.3. The Balaban J connectivity index is 0.000000490. The predicted octanol–water partition coefficient (Wildman–Crippen LogP) is -1.31. The summed E-state index contributed by atoms with van der Waals surface area (Å²) in [5.74, 6) is 0. The van der Waals surface area contributed by atoms with Gasteiger partial charge in [-0.05, 0) is 24.8 Å². The van der Waals surface area contributed by atoms with Crippen LogP contribution in [0.3, 0.4) is 0 Å². The first-order chi connectivity index (χ1) is 5.93. The summed E-state index contributed by atoms with van der Waals surface area (Å²) in [6.45, 7) is 0. The van der Waals surface area contributed by atoms with Crippen molar-refractivity contribution in [3.63, 3.8) is 0 Å². The van der Waals surface area contributed by atoms with Crippen molar-refractivity contribution in [2.45, 2.75) is 32.1 Å². The zero-order valence-electron chi connectivity index (χ0n) is 8.22. The number of aromatic nitrogens is 1. The Kier molecular flexibility index (Phi) is 4.28. The van der Waals surface area contributed by atoms with Gasteiger partial charge in [0.05, 0.1) is 0 Å². The minimum Gasteiger partial charge on any atom is -1.00 e. The van der Waals surface area contributed by atoms with Crippen LogP contribution in [0.15, 0.2) is 6.07 Å². The molecule has 1 aromatic rings. The van der Waals surface area contributed by atoms with Crippen LogP contribution in [0.25, 0.3) is 0 Å². The van der Waals surface area contributed by atoms with Gasteiger partial charge in [-0.25, -0.2) is 6.42 Å². The zero-order valence-corrected chi connectivity index (χ0v) is 11.2. The number of fused-ring (bicyclic) bond motifs is 2. The minimum absolute atomic E-state index is 0. The van der Waals surface area contributed by atoms with Gasteiger partial charge in [0.2, 0.25) is 0 Å².